The first kappa shape index (κ1) is 24.6. The molecule has 4 rings (SSSR count). The first-order valence-electron chi connectivity index (χ1n) is 12.0. The van der Waals surface area contributed by atoms with Crippen LogP contribution in [-0.4, -0.2) is 43.9 Å². The number of halogens is 3. The Morgan fingerprint density at radius 3 is 2.39 bits per heavy atom. The van der Waals surface area contributed by atoms with Crippen LogP contribution in [0, 0.1) is 30.6 Å². The van der Waals surface area contributed by atoms with E-state index in [-0.39, 0.29) is 29.0 Å². The highest BCUT2D eigenvalue weighted by molar-refractivity contribution is 7.85. The molecule has 1 amide bonds. The van der Waals surface area contributed by atoms with E-state index in [4.69, 9.17) is 0 Å². The van der Waals surface area contributed by atoms with Gasteiger partial charge in [-0.3, -0.25) is 9.00 Å². The van der Waals surface area contributed by atoms with Gasteiger partial charge >= 0.3 is 6.18 Å². The molecule has 184 valence electrons. The molecule has 0 aromatic carbocycles. The molecule has 1 aromatic heterocycles. The number of carbonyl (C=O) groups excluding carboxylic acids is 1. The highest BCUT2D eigenvalue weighted by Crippen LogP contribution is 2.44. The summed E-state index contributed by atoms with van der Waals surface area (Å²) in [7, 11) is -1.01. The van der Waals surface area contributed by atoms with Crippen molar-refractivity contribution in [1.29, 1.82) is 0 Å². The minimum Gasteiger partial charge on any atom is -0.394 e. The number of amides is 1. The predicted octanol–water partition coefficient (Wildman–Crippen LogP) is 4.24. The van der Waals surface area contributed by atoms with E-state index >= 15 is 0 Å². The molecule has 3 fully saturated rings. The van der Waals surface area contributed by atoms with Gasteiger partial charge in [0.15, 0.2) is 0 Å². The fraction of sp³-hybridized carbons (Fsp3) is 0.750. The molecule has 0 radical (unpaired) electrons. The number of aliphatic hydroxyl groups is 1. The molecule has 5 unspecified atom stereocenters. The molecule has 33 heavy (non-hydrogen) atoms. The highest BCUT2D eigenvalue weighted by Gasteiger charge is 2.42. The largest absolute Gasteiger partial charge is 0.433 e. The van der Waals surface area contributed by atoms with Crippen molar-refractivity contribution >= 4 is 16.7 Å². The molecule has 9 heteroatoms. The molecule has 5 atom stereocenters. The molecule has 0 aliphatic heterocycles. The first-order valence-corrected chi connectivity index (χ1v) is 13.4. The number of aryl methyl sites for hydroxylation is 1. The van der Waals surface area contributed by atoms with Gasteiger partial charge in [0.05, 0.1) is 23.9 Å². The molecule has 3 saturated carbocycles. The van der Waals surface area contributed by atoms with E-state index in [0.29, 0.717) is 17.6 Å². The van der Waals surface area contributed by atoms with E-state index in [2.05, 4.69) is 10.3 Å². The number of alkyl halides is 3. The van der Waals surface area contributed by atoms with Crippen molar-refractivity contribution < 1.29 is 27.3 Å². The third-order valence-electron chi connectivity index (χ3n) is 7.39. The van der Waals surface area contributed by atoms with Gasteiger partial charge < -0.3 is 10.4 Å². The molecule has 0 saturated heterocycles. The molecule has 0 bridgehead atoms. The zero-order valence-corrected chi connectivity index (χ0v) is 19.8. The normalized spacial score (nSPS) is 27.7. The zero-order valence-electron chi connectivity index (χ0n) is 18.9. The van der Waals surface area contributed by atoms with Crippen molar-refractivity contribution in [1.82, 2.24) is 10.3 Å². The van der Waals surface area contributed by atoms with Gasteiger partial charge in [-0.2, -0.15) is 13.2 Å². The lowest BCUT2D eigenvalue weighted by Gasteiger charge is -2.40. The molecule has 3 aliphatic carbocycles. The van der Waals surface area contributed by atoms with E-state index in [1.54, 1.807) is 0 Å². The monoisotopic (exact) mass is 486 g/mol. The molecule has 5 nitrogen and oxygen atoms in total. The Labute approximate surface area is 195 Å². The van der Waals surface area contributed by atoms with Crippen LogP contribution in [0.5, 0.6) is 0 Å². The molecule has 2 N–H and O–H groups in total. The van der Waals surface area contributed by atoms with E-state index in [1.165, 1.54) is 19.8 Å². The summed E-state index contributed by atoms with van der Waals surface area (Å²) in [5.41, 5.74) is -0.994. The molecular weight excluding hydrogens is 453 g/mol. The number of nitrogens with zero attached hydrogens (tertiary/aromatic N) is 1. The molecule has 1 aromatic rings. The van der Waals surface area contributed by atoms with Crippen molar-refractivity contribution in [2.24, 2.45) is 23.7 Å². The van der Waals surface area contributed by atoms with Crippen molar-refractivity contribution in [2.45, 2.75) is 75.8 Å². The number of rotatable bonds is 9. The van der Waals surface area contributed by atoms with Gasteiger partial charge in [-0.05, 0) is 81.3 Å². The minimum absolute atomic E-state index is 0.0110. The lowest BCUT2D eigenvalue weighted by molar-refractivity contribution is -0.141. The zero-order chi connectivity index (χ0) is 23.8. The summed E-state index contributed by atoms with van der Waals surface area (Å²) in [4.78, 5) is 16.5. The maximum Gasteiger partial charge on any atom is 0.433 e. The number of nitrogens with one attached hydrogen (secondary N) is 1. The van der Waals surface area contributed by atoms with Crippen LogP contribution in [0.2, 0.25) is 0 Å². The second-order valence-corrected chi connectivity index (χ2v) is 11.8. The maximum atomic E-state index is 13.2. The summed E-state index contributed by atoms with van der Waals surface area (Å²) >= 11 is 0. The molecular formula is C24H33F3N2O3S. The summed E-state index contributed by atoms with van der Waals surface area (Å²) < 4.78 is 51.9. The van der Waals surface area contributed by atoms with Crippen molar-refractivity contribution in [2.75, 3.05) is 12.4 Å². The van der Waals surface area contributed by atoms with Crippen LogP contribution >= 0.6 is 0 Å². The second kappa shape index (κ2) is 10.0. The highest BCUT2D eigenvalue weighted by atomic mass is 32.2. The van der Waals surface area contributed by atoms with Gasteiger partial charge in [0, 0.05) is 21.8 Å². The lowest BCUT2D eigenvalue weighted by Crippen LogP contribution is -2.50. The quantitative estimate of drug-likeness (QED) is 0.547. The Morgan fingerprint density at radius 1 is 1.15 bits per heavy atom. The summed E-state index contributed by atoms with van der Waals surface area (Å²) in [6.45, 7) is 1.08. The van der Waals surface area contributed by atoms with Gasteiger partial charge in [0.25, 0.3) is 5.91 Å². The number of hydrogen-bond acceptors (Lipinski definition) is 4. The van der Waals surface area contributed by atoms with Crippen LogP contribution in [0.1, 0.15) is 73.1 Å². The lowest BCUT2D eigenvalue weighted by atomic mass is 9.75. The van der Waals surface area contributed by atoms with Gasteiger partial charge in [0.1, 0.15) is 5.69 Å². The van der Waals surface area contributed by atoms with E-state index in [1.807, 2.05) is 0 Å². The number of aliphatic hydroxyl groups excluding tert-OH is 1. The first-order chi connectivity index (χ1) is 15.7. The summed E-state index contributed by atoms with van der Waals surface area (Å²) in [5, 5.41) is 13.0. The SMILES string of the molecule is Cc1nc(C(F)(F)F)ccc1C(=O)NC(CO)C1CC(CC2CC2)CCC1S(=O)CC1CC1. The van der Waals surface area contributed by atoms with E-state index in [9.17, 15) is 27.3 Å². The van der Waals surface area contributed by atoms with Crippen molar-refractivity contribution in [3.8, 4) is 0 Å². The van der Waals surface area contributed by atoms with E-state index < -0.39 is 34.6 Å². The third kappa shape index (κ3) is 6.35. The maximum absolute atomic E-state index is 13.2. The average Bonchev–Trinajstić information content (AvgIpc) is 3.68. The van der Waals surface area contributed by atoms with Crippen LogP contribution in [0.3, 0.4) is 0 Å². The van der Waals surface area contributed by atoms with Crippen molar-refractivity contribution in [3.63, 3.8) is 0 Å². The summed E-state index contributed by atoms with van der Waals surface area (Å²) in [6.07, 6.45) is 4.00. The Kier molecular flexibility index (Phi) is 7.48. The van der Waals surface area contributed by atoms with E-state index in [0.717, 1.165) is 56.6 Å². The van der Waals surface area contributed by atoms with Gasteiger partial charge in [-0.15, -0.1) is 0 Å². The predicted molar refractivity (Wildman–Crippen MR) is 120 cm³/mol. The Balaban J connectivity index is 1.49. The number of hydrogen-bond donors (Lipinski definition) is 2. The van der Waals surface area contributed by atoms with Crippen LogP contribution in [0.15, 0.2) is 12.1 Å². The second-order valence-electron chi connectivity index (χ2n) is 10.1. The topological polar surface area (TPSA) is 79.3 Å². The van der Waals surface area contributed by atoms with Crippen LogP contribution in [0.25, 0.3) is 0 Å². The minimum atomic E-state index is -4.58. The molecule has 1 heterocycles. The molecule has 3 aliphatic rings. The summed E-state index contributed by atoms with van der Waals surface area (Å²) in [6, 6.07) is 1.35. The number of pyridine rings is 1. The van der Waals surface area contributed by atoms with Crippen LogP contribution in [0.4, 0.5) is 13.2 Å². The Hall–Kier alpha value is -1.48. The fourth-order valence-electron chi connectivity index (χ4n) is 5.19. The molecule has 0 spiro atoms. The summed E-state index contributed by atoms with van der Waals surface area (Å²) in [5.74, 6) is 1.81. The fourth-order valence-corrected chi connectivity index (χ4v) is 7.33. The van der Waals surface area contributed by atoms with Crippen LogP contribution in [-0.2, 0) is 17.0 Å². The third-order valence-corrected chi connectivity index (χ3v) is 9.45. The van der Waals surface area contributed by atoms with Crippen LogP contribution < -0.4 is 5.32 Å². The Morgan fingerprint density at radius 2 is 1.82 bits per heavy atom. The average molecular weight is 487 g/mol. The van der Waals surface area contributed by atoms with Gasteiger partial charge in [-0.1, -0.05) is 12.8 Å². The standard InChI is InChI=1S/C24H33F3N2O3S/c1-14-18(7-9-22(28-14)24(25,26)27)23(31)29-20(12-30)19-11-17(10-15-2-3-15)6-8-21(19)33(32)13-16-4-5-16/h7,9,15-17,19-21,30H,2-6,8,10-13H2,1H3,(H,29,31). The van der Waals surface area contributed by atoms with Gasteiger partial charge in [0.2, 0.25) is 0 Å². The smallest absolute Gasteiger partial charge is 0.394 e. The number of aromatic nitrogens is 1. The van der Waals surface area contributed by atoms with Crippen molar-refractivity contribution in [3.05, 3.63) is 29.1 Å². The van der Waals surface area contributed by atoms with Gasteiger partial charge in [-0.25, -0.2) is 4.98 Å². The Bertz CT molecular complexity index is 886. The number of carbonyl (C=O) groups is 1.